The second kappa shape index (κ2) is 5.88. The second-order valence-electron chi connectivity index (χ2n) is 4.61. The van der Waals surface area contributed by atoms with Gasteiger partial charge >= 0.3 is 0 Å². The minimum absolute atomic E-state index is 0.815. The Hall–Kier alpha value is -2.13. The van der Waals surface area contributed by atoms with Crippen LogP contribution in [0.3, 0.4) is 0 Å². The van der Waals surface area contributed by atoms with E-state index in [2.05, 4.69) is 58.8 Å². The molecule has 1 heterocycles. The van der Waals surface area contributed by atoms with E-state index in [9.17, 15) is 0 Å². The van der Waals surface area contributed by atoms with E-state index in [4.69, 9.17) is 0 Å². The molecule has 0 saturated carbocycles. The predicted octanol–water partition coefficient (Wildman–Crippen LogP) is 4.73. The van der Waals surface area contributed by atoms with Gasteiger partial charge in [-0.25, -0.2) is 4.98 Å². The smallest absolute Gasteiger partial charge is 0.0897 e. The van der Waals surface area contributed by atoms with Gasteiger partial charge in [-0.15, -0.1) is 11.3 Å². The van der Waals surface area contributed by atoms with E-state index in [1.54, 1.807) is 11.3 Å². The van der Waals surface area contributed by atoms with Crippen LogP contribution in [0.5, 0.6) is 0 Å². The maximum absolute atomic E-state index is 4.29. The van der Waals surface area contributed by atoms with Crippen molar-refractivity contribution in [2.45, 2.75) is 13.5 Å². The molecule has 0 aliphatic rings. The molecule has 20 heavy (non-hydrogen) atoms. The van der Waals surface area contributed by atoms with Gasteiger partial charge in [-0.05, 0) is 18.6 Å². The van der Waals surface area contributed by atoms with Crippen LogP contribution < -0.4 is 5.32 Å². The number of nitrogens with one attached hydrogen (secondary N) is 1. The van der Waals surface area contributed by atoms with E-state index >= 15 is 0 Å². The number of benzene rings is 2. The van der Waals surface area contributed by atoms with E-state index in [1.807, 2.05) is 19.2 Å². The normalized spacial score (nSPS) is 10.4. The molecule has 3 heteroatoms. The minimum atomic E-state index is 0.815. The lowest BCUT2D eigenvalue weighted by Gasteiger charge is -2.11. The number of aryl methyl sites for hydroxylation is 1. The largest absolute Gasteiger partial charge is 0.380 e. The van der Waals surface area contributed by atoms with Crippen molar-refractivity contribution in [3.8, 4) is 11.1 Å². The molecule has 0 atom stereocenters. The van der Waals surface area contributed by atoms with Crippen molar-refractivity contribution in [3.05, 3.63) is 70.7 Å². The Morgan fingerprint density at radius 3 is 2.50 bits per heavy atom. The third-order valence-electron chi connectivity index (χ3n) is 3.13. The van der Waals surface area contributed by atoms with Crippen molar-refractivity contribution in [3.63, 3.8) is 0 Å². The van der Waals surface area contributed by atoms with Gasteiger partial charge in [-0.3, -0.25) is 0 Å². The first kappa shape index (κ1) is 12.9. The molecule has 0 radical (unpaired) electrons. The fraction of sp³-hybridized carbons (Fsp3) is 0.118. The summed E-state index contributed by atoms with van der Waals surface area (Å²) in [6.45, 7) is 2.85. The summed E-state index contributed by atoms with van der Waals surface area (Å²) in [6.07, 6.45) is 1.94. The molecule has 3 rings (SSSR count). The van der Waals surface area contributed by atoms with Crippen molar-refractivity contribution in [1.82, 2.24) is 4.98 Å². The summed E-state index contributed by atoms with van der Waals surface area (Å²) in [5.74, 6) is 0. The van der Waals surface area contributed by atoms with E-state index in [-0.39, 0.29) is 0 Å². The summed E-state index contributed by atoms with van der Waals surface area (Å²) in [7, 11) is 0. The molecule has 0 aliphatic carbocycles. The van der Waals surface area contributed by atoms with Crippen molar-refractivity contribution in [2.24, 2.45) is 0 Å². The molecule has 1 aromatic heterocycles. The van der Waals surface area contributed by atoms with Crippen LogP contribution in [0.4, 0.5) is 5.69 Å². The van der Waals surface area contributed by atoms with Crippen LogP contribution in [0.25, 0.3) is 11.1 Å². The highest BCUT2D eigenvalue weighted by atomic mass is 32.1. The summed E-state index contributed by atoms with van der Waals surface area (Å²) in [6, 6.07) is 18.9. The zero-order valence-corrected chi connectivity index (χ0v) is 12.2. The quantitative estimate of drug-likeness (QED) is 0.747. The first-order valence-corrected chi connectivity index (χ1v) is 7.44. The van der Waals surface area contributed by atoms with E-state index in [0.717, 1.165) is 17.2 Å². The first-order valence-electron chi connectivity index (χ1n) is 6.62. The fourth-order valence-corrected chi connectivity index (χ4v) is 2.91. The standard InChI is InChI=1S/C17H16N2S/c1-13-18-11-15(20-13)12-19-17-10-6-5-9-16(17)14-7-3-2-4-8-14/h2-11,19H,12H2,1H3. The van der Waals surface area contributed by atoms with Gasteiger partial charge in [-0.2, -0.15) is 0 Å². The van der Waals surface area contributed by atoms with Gasteiger partial charge in [0.2, 0.25) is 0 Å². The Morgan fingerprint density at radius 2 is 1.75 bits per heavy atom. The molecular formula is C17H16N2S. The molecule has 2 nitrogen and oxygen atoms in total. The molecule has 1 N–H and O–H groups in total. The molecule has 0 aliphatic heterocycles. The number of hydrogen-bond acceptors (Lipinski definition) is 3. The van der Waals surface area contributed by atoms with Crippen molar-refractivity contribution in [1.29, 1.82) is 0 Å². The first-order chi connectivity index (χ1) is 9.83. The van der Waals surface area contributed by atoms with Crippen LogP contribution in [0.1, 0.15) is 9.88 Å². The SMILES string of the molecule is Cc1ncc(CNc2ccccc2-c2ccccc2)s1. The number of aromatic nitrogens is 1. The summed E-state index contributed by atoms with van der Waals surface area (Å²) >= 11 is 1.74. The number of rotatable bonds is 4. The highest BCUT2D eigenvalue weighted by molar-refractivity contribution is 7.11. The molecule has 0 amide bonds. The zero-order chi connectivity index (χ0) is 13.8. The minimum Gasteiger partial charge on any atom is -0.380 e. The van der Waals surface area contributed by atoms with Crippen LogP contribution in [0.2, 0.25) is 0 Å². The number of nitrogens with zero attached hydrogens (tertiary/aromatic N) is 1. The number of thiazole rings is 1. The zero-order valence-electron chi connectivity index (χ0n) is 11.3. The third kappa shape index (κ3) is 2.89. The molecule has 2 aromatic carbocycles. The van der Waals surface area contributed by atoms with Crippen molar-refractivity contribution >= 4 is 17.0 Å². The lowest BCUT2D eigenvalue weighted by Crippen LogP contribution is -1.99. The van der Waals surface area contributed by atoms with Crippen LogP contribution in [-0.2, 0) is 6.54 Å². The summed E-state index contributed by atoms with van der Waals surface area (Å²) in [5, 5.41) is 4.62. The third-order valence-corrected chi connectivity index (χ3v) is 4.05. The molecule has 0 spiro atoms. The summed E-state index contributed by atoms with van der Waals surface area (Å²) in [4.78, 5) is 5.54. The summed E-state index contributed by atoms with van der Waals surface area (Å²) < 4.78 is 0. The van der Waals surface area contributed by atoms with Crippen LogP contribution in [0, 0.1) is 6.92 Å². The lowest BCUT2D eigenvalue weighted by atomic mass is 10.0. The van der Waals surface area contributed by atoms with Gasteiger partial charge in [0.1, 0.15) is 0 Å². The van der Waals surface area contributed by atoms with Gasteiger partial charge in [0, 0.05) is 22.3 Å². The monoisotopic (exact) mass is 280 g/mol. The Balaban J connectivity index is 1.83. The molecule has 0 bridgehead atoms. The summed E-state index contributed by atoms with van der Waals surface area (Å²) in [5.41, 5.74) is 3.62. The average Bonchev–Trinajstić information content (AvgIpc) is 2.92. The molecule has 3 aromatic rings. The molecule has 0 unspecified atom stereocenters. The van der Waals surface area contributed by atoms with E-state index in [1.165, 1.54) is 16.0 Å². The number of hydrogen-bond donors (Lipinski definition) is 1. The van der Waals surface area contributed by atoms with Crippen molar-refractivity contribution in [2.75, 3.05) is 5.32 Å². The molecule has 100 valence electrons. The van der Waals surface area contributed by atoms with Gasteiger partial charge < -0.3 is 5.32 Å². The van der Waals surface area contributed by atoms with E-state index < -0.39 is 0 Å². The topological polar surface area (TPSA) is 24.9 Å². The Kier molecular flexibility index (Phi) is 3.79. The van der Waals surface area contributed by atoms with Crippen LogP contribution >= 0.6 is 11.3 Å². The van der Waals surface area contributed by atoms with Crippen LogP contribution in [0.15, 0.2) is 60.8 Å². The molecular weight excluding hydrogens is 264 g/mol. The number of anilines is 1. The average molecular weight is 280 g/mol. The maximum Gasteiger partial charge on any atom is 0.0897 e. The van der Waals surface area contributed by atoms with Gasteiger partial charge in [0.25, 0.3) is 0 Å². The lowest BCUT2D eigenvalue weighted by molar-refractivity contribution is 1.17. The van der Waals surface area contributed by atoms with E-state index in [0.29, 0.717) is 0 Å². The Labute approximate surface area is 123 Å². The van der Waals surface area contributed by atoms with Crippen molar-refractivity contribution < 1.29 is 0 Å². The van der Waals surface area contributed by atoms with Gasteiger partial charge in [-0.1, -0.05) is 48.5 Å². The second-order valence-corrected chi connectivity index (χ2v) is 5.93. The predicted molar refractivity (Wildman–Crippen MR) is 86.1 cm³/mol. The Morgan fingerprint density at radius 1 is 1.00 bits per heavy atom. The molecule has 0 saturated heterocycles. The van der Waals surface area contributed by atoms with Gasteiger partial charge in [0.05, 0.1) is 11.6 Å². The highest BCUT2D eigenvalue weighted by Crippen LogP contribution is 2.28. The highest BCUT2D eigenvalue weighted by Gasteiger charge is 2.04. The van der Waals surface area contributed by atoms with Gasteiger partial charge in [0.15, 0.2) is 0 Å². The van der Waals surface area contributed by atoms with Crippen LogP contribution in [-0.4, -0.2) is 4.98 Å². The maximum atomic E-state index is 4.29. The Bertz CT molecular complexity index is 689. The fourth-order valence-electron chi connectivity index (χ4n) is 2.18. The number of para-hydroxylation sites is 1. The molecule has 0 fully saturated rings.